The van der Waals surface area contributed by atoms with E-state index in [4.69, 9.17) is 13.7 Å². The van der Waals surface area contributed by atoms with E-state index in [2.05, 4.69) is 10.5 Å². The van der Waals surface area contributed by atoms with E-state index >= 15 is 0 Å². The standard InChI is InChI=1S/C16H14N2O4/c1-20-12-6-4-11(5-7-12)15-14(10-18-22-15)16(19)17-9-13-3-2-8-21-13/h2-8,10H,9H2,1H3,(H,17,19). The Morgan fingerprint density at radius 2 is 2.09 bits per heavy atom. The number of hydrogen-bond donors (Lipinski definition) is 1. The Balaban J connectivity index is 1.77. The summed E-state index contributed by atoms with van der Waals surface area (Å²) in [6, 6.07) is 10.8. The molecule has 0 unspecified atom stereocenters. The fourth-order valence-corrected chi connectivity index (χ4v) is 2.03. The number of methoxy groups -OCH3 is 1. The highest BCUT2D eigenvalue weighted by Gasteiger charge is 2.18. The molecule has 1 aromatic carbocycles. The molecule has 22 heavy (non-hydrogen) atoms. The molecule has 3 aromatic rings. The molecule has 0 saturated heterocycles. The highest BCUT2D eigenvalue weighted by Crippen LogP contribution is 2.25. The van der Waals surface area contributed by atoms with Crippen LogP contribution in [0.3, 0.4) is 0 Å². The molecule has 0 spiro atoms. The molecule has 112 valence electrons. The van der Waals surface area contributed by atoms with Crippen LogP contribution in [-0.4, -0.2) is 18.2 Å². The van der Waals surface area contributed by atoms with Gasteiger partial charge in [-0.15, -0.1) is 0 Å². The summed E-state index contributed by atoms with van der Waals surface area (Å²) in [6.45, 7) is 0.305. The van der Waals surface area contributed by atoms with Crippen molar-refractivity contribution in [3.63, 3.8) is 0 Å². The summed E-state index contributed by atoms with van der Waals surface area (Å²) in [6.07, 6.45) is 2.96. The van der Waals surface area contributed by atoms with Crippen LogP contribution in [0.5, 0.6) is 5.75 Å². The number of aromatic nitrogens is 1. The lowest BCUT2D eigenvalue weighted by Crippen LogP contribution is -2.22. The average Bonchev–Trinajstić information content (AvgIpc) is 3.24. The van der Waals surface area contributed by atoms with E-state index in [0.717, 1.165) is 11.3 Å². The lowest BCUT2D eigenvalue weighted by atomic mass is 10.1. The van der Waals surface area contributed by atoms with Crippen molar-refractivity contribution < 1.29 is 18.5 Å². The second-order valence-electron chi connectivity index (χ2n) is 4.56. The van der Waals surface area contributed by atoms with Gasteiger partial charge in [-0.2, -0.15) is 0 Å². The van der Waals surface area contributed by atoms with E-state index in [-0.39, 0.29) is 5.91 Å². The summed E-state index contributed by atoms with van der Waals surface area (Å²) >= 11 is 0. The number of amides is 1. The maximum atomic E-state index is 12.2. The fourth-order valence-electron chi connectivity index (χ4n) is 2.03. The second-order valence-corrected chi connectivity index (χ2v) is 4.56. The van der Waals surface area contributed by atoms with Gasteiger partial charge < -0.3 is 19.0 Å². The third-order valence-corrected chi connectivity index (χ3v) is 3.17. The Morgan fingerprint density at radius 1 is 1.27 bits per heavy atom. The van der Waals surface area contributed by atoms with Gasteiger partial charge in [0, 0.05) is 5.56 Å². The molecular weight excluding hydrogens is 284 g/mol. The normalized spacial score (nSPS) is 10.4. The van der Waals surface area contributed by atoms with Crippen molar-refractivity contribution in [2.75, 3.05) is 7.11 Å². The van der Waals surface area contributed by atoms with Gasteiger partial charge in [0.05, 0.1) is 26.1 Å². The van der Waals surface area contributed by atoms with Gasteiger partial charge in [0.2, 0.25) is 0 Å². The third kappa shape index (κ3) is 2.85. The fraction of sp³-hybridized carbons (Fsp3) is 0.125. The quantitative estimate of drug-likeness (QED) is 0.783. The highest BCUT2D eigenvalue weighted by atomic mass is 16.5. The van der Waals surface area contributed by atoms with E-state index < -0.39 is 0 Å². The van der Waals surface area contributed by atoms with Crippen LogP contribution in [0.1, 0.15) is 16.1 Å². The van der Waals surface area contributed by atoms with Crippen molar-refractivity contribution in [3.8, 4) is 17.1 Å². The van der Waals surface area contributed by atoms with E-state index in [0.29, 0.717) is 23.6 Å². The number of benzene rings is 1. The van der Waals surface area contributed by atoms with Crippen LogP contribution in [0, 0.1) is 0 Å². The molecule has 6 nitrogen and oxygen atoms in total. The summed E-state index contributed by atoms with van der Waals surface area (Å²) in [5, 5.41) is 6.48. The van der Waals surface area contributed by atoms with Crippen LogP contribution in [0.4, 0.5) is 0 Å². The number of nitrogens with one attached hydrogen (secondary N) is 1. The summed E-state index contributed by atoms with van der Waals surface area (Å²) in [4.78, 5) is 12.2. The van der Waals surface area contributed by atoms with Crippen molar-refractivity contribution in [3.05, 3.63) is 60.2 Å². The van der Waals surface area contributed by atoms with E-state index in [1.54, 1.807) is 37.6 Å². The van der Waals surface area contributed by atoms with Crippen LogP contribution in [0.2, 0.25) is 0 Å². The molecule has 6 heteroatoms. The Labute approximate surface area is 126 Å². The van der Waals surface area contributed by atoms with Gasteiger partial charge in [-0.3, -0.25) is 4.79 Å². The van der Waals surface area contributed by atoms with Crippen LogP contribution in [0.25, 0.3) is 11.3 Å². The number of furan rings is 1. The number of rotatable bonds is 5. The zero-order valence-corrected chi connectivity index (χ0v) is 11.9. The van der Waals surface area contributed by atoms with Crippen LogP contribution >= 0.6 is 0 Å². The first kappa shape index (κ1) is 13.9. The molecule has 0 atom stereocenters. The Kier molecular flexibility index (Phi) is 3.91. The number of ether oxygens (including phenoxy) is 1. The van der Waals surface area contributed by atoms with Crippen molar-refractivity contribution in [1.29, 1.82) is 0 Å². The number of hydrogen-bond acceptors (Lipinski definition) is 5. The Hall–Kier alpha value is -3.02. The predicted octanol–water partition coefficient (Wildman–Crippen LogP) is 2.87. The topological polar surface area (TPSA) is 77.5 Å². The minimum absolute atomic E-state index is 0.275. The summed E-state index contributed by atoms with van der Waals surface area (Å²) < 4.78 is 15.5. The lowest BCUT2D eigenvalue weighted by Gasteiger charge is -2.04. The van der Waals surface area contributed by atoms with Gasteiger partial charge in [0.25, 0.3) is 5.91 Å². The molecular formula is C16H14N2O4. The maximum absolute atomic E-state index is 12.2. The number of nitrogens with zero attached hydrogens (tertiary/aromatic N) is 1. The van der Waals surface area contributed by atoms with E-state index in [9.17, 15) is 4.79 Å². The van der Waals surface area contributed by atoms with Gasteiger partial charge in [-0.05, 0) is 36.4 Å². The molecule has 2 aromatic heterocycles. The molecule has 0 aliphatic rings. The monoisotopic (exact) mass is 298 g/mol. The third-order valence-electron chi connectivity index (χ3n) is 3.17. The first-order valence-corrected chi connectivity index (χ1v) is 6.67. The van der Waals surface area contributed by atoms with Gasteiger partial charge in [0.15, 0.2) is 5.76 Å². The van der Waals surface area contributed by atoms with Gasteiger partial charge >= 0.3 is 0 Å². The summed E-state index contributed by atoms with van der Waals surface area (Å²) in [5.74, 6) is 1.55. The summed E-state index contributed by atoms with van der Waals surface area (Å²) in [7, 11) is 1.59. The average molecular weight is 298 g/mol. The number of carbonyl (C=O) groups is 1. The zero-order chi connectivity index (χ0) is 15.4. The van der Waals surface area contributed by atoms with Crippen molar-refractivity contribution in [2.24, 2.45) is 0 Å². The predicted molar refractivity (Wildman–Crippen MR) is 78.4 cm³/mol. The molecule has 0 bridgehead atoms. The van der Waals surface area contributed by atoms with Crippen molar-refractivity contribution in [1.82, 2.24) is 10.5 Å². The van der Waals surface area contributed by atoms with Crippen LogP contribution in [0.15, 0.2) is 57.8 Å². The molecule has 0 aliphatic heterocycles. The molecule has 1 N–H and O–H groups in total. The van der Waals surface area contributed by atoms with Gasteiger partial charge in [-0.25, -0.2) is 0 Å². The highest BCUT2D eigenvalue weighted by molar-refractivity contribution is 5.99. The van der Waals surface area contributed by atoms with Crippen LogP contribution in [-0.2, 0) is 6.54 Å². The summed E-state index contributed by atoms with van der Waals surface area (Å²) in [5.41, 5.74) is 1.12. The minimum atomic E-state index is -0.275. The van der Waals surface area contributed by atoms with Gasteiger partial charge in [0.1, 0.15) is 17.1 Å². The molecule has 0 aliphatic carbocycles. The first-order valence-electron chi connectivity index (χ1n) is 6.67. The second kappa shape index (κ2) is 6.17. The zero-order valence-electron chi connectivity index (χ0n) is 11.9. The Bertz CT molecular complexity index is 745. The van der Waals surface area contributed by atoms with Crippen LogP contribution < -0.4 is 10.1 Å². The molecule has 0 radical (unpaired) electrons. The molecule has 1 amide bonds. The first-order chi connectivity index (χ1) is 10.8. The van der Waals surface area contributed by atoms with E-state index in [1.807, 2.05) is 12.1 Å². The molecule has 2 heterocycles. The molecule has 0 saturated carbocycles. The lowest BCUT2D eigenvalue weighted by molar-refractivity contribution is 0.0948. The molecule has 0 fully saturated rings. The van der Waals surface area contributed by atoms with Crippen molar-refractivity contribution >= 4 is 5.91 Å². The van der Waals surface area contributed by atoms with Crippen molar-refractivity contribution in [2.45, 2.75) is 6.54 Å². The SMILES string of the molecule is COc1ccc(-c2oncc2C(=O)NCc2ccco2)cc1. The van der Waals surface area contributed by atoms with Gasteiger partial charge in [-0.1, -0.05) is 5.16 Å². The molecule has 3 rings (SSSR count). The van der Waals surface area contributed by atoms with E-state index in [1.165, 1.54) is 6.20 Å². The number of carbonyl (C=O) groups excluding carboxylic acids is 1. The smallest absolute Gasteiger partial charge is 0.257 e. The minimum Gasteiger partial charge on any atom is -0.497 e. The Morgan fingerprint density at radius 3 is 2.77 bits per heavy atom. The maximum Gasteiger partial charge on any atom is 0.257 e. The largest absolute Gasteiger partial charge is 0.497 e.